The summed E-state index contributed by atoms with van der Waals surface area (Å²) in [6.07, 6.45) is 3.66. The van der Waals surface area contributed by atoms with Gasteiger partial charge in [-0.1, -0.05) is 31.5 Å². The van der Waals surface area contributed by atoms with Gasteiger partial charge in [-0.15, -0.1) is 5.10 Å². The van der Waals surface area contributed by atoms with Gasteiger partial charge in [-0.2, -0.15) is 10.2 Å². The van der Waals surface area contributed by atoms with Crippen molar-refractivity contribution in [3.8, 4) is 5.69 Å². The molecule has 0 radical (unpaired) electrons. The molecule has 0 spiro atoms. The van der Waals surface area contributed by atoms with Crippen LogP contribution in [0.3, 0.4) is 0 Å². The number of piperidine rings is 1. The zero-order chi connectivity index (χ0) is 26.2. The lowest BCUT2D eigenvalue weighted by molar-refractivity contribution is -0.121. The number of likely N-dealkylation sites (N-methyl/N-ethyl adjacent to an activating group) is 1. The standard InChI is InChI=1S/C26H37N7O.C2H6/c1-18-6-9-22(10-7-18)33-20(3)24-19(2)28-29-26(25(24)30-33)32-15-12-21(13-16-32)8-11-23(34)27-14-17-31(4)5;1-2/h6-7,9-10,21H,8,11-17H2,1-5H3,(H,27,34);1-2H3. The van der Waals surface area contributed by atoms with E-state index in [4.69, 9.17) is 5.10 Å². The quantitative estimate of drug-likeness (QED) is 0.500. The zero-order valence-corrected chi connectivity index (χ0v) is 23.1. The van der Waals surface area contributed by atoms with Crippen LogP contribution in [0.15, 0.2) is 24.3 Å². The number of nitrogens with one attached hydrogen (secondary N) is 1. The lowest BCUT2D eigenvalue weighted by Gasteiger charge is -2.32. The van der Waals surface area contributed by atoms with Gasteiger partial charge in [-0.05, 0) is 72.2 Å². The fourth-order valence-electron chi connectivity index (χ4n) is 4.74. The van der Waals surface area contributed by atoms with Crippen molar-refractivity contribution in [3.05, 3.63) is 41.2 Å². The third-order valence-electron chi connectivity index (χ3n) is 6.84. The topological polar surface area (TPSA) is 79.2 Å². The van der Waals surface area contributed by atoms with Crippen molar-refractivity contribution in [1.29, 1.82) is 0 Å². The predicted octanol–water partition coefficient (Wildman–Crippen LogP) is 4.44. The average molecular weight is 494 g/mol. The van der Waals surface area contributed by atoms with Crippen LogP contribution in [0, 0.1) is 26.7 Å². The SMILES string of the molecule is CC.Cc1ccc(-n2nc3c(N4CCC(CCC(=O)NCCN(C)C)CC4)nnc(C)c3c2C)cc1. The van der Waals surface area contributed by atoms with Gasteiger partial charge in [0.2, 0.25) is 5.91 Å². The number of hydrogen-bond donors (Lipinski definition) is 1. The van der Waals surface area contributed by atoms with E-state index in [0.29, 0.717) is 18.9 Å². The predicted molar refractivity (Wildman–Crippen MR) is 148 cm³/mol. The molecule has 0 bridgehead atoms. The van der Waals surface area contributed by atoms with E-state index in [0.717, 1.165) is 72.7 Å². The second-order valence-corrected chi connectivity index (χ2v) is 9.79. The van der Waals surface area contributed by atoms with Gasteiger partial charge in [0, 0.05) is 32.6 Å². The molecule has 3 aromatic rings. The molecule has 1 aliphatic heterocycles. The highest BCUT2D eigenvalue weighted by Gasteiger charge is 2.25. The van der Waals surface area contributed by atoms with E-state index in [1.54, 1.807) is 0 Å². The molecular formula is C28H43N7O. The summed E-state index contributed by atoms with van der Waals surface area (Å²) in [5.74, 6) is 1.60. The molecule has 0 unspecified atom stereocenters. The van der Waals surface area contributed by atoms with Gasteiger partial charge in [0.15, 0.2) is 5.82 Å². The molecule has 2 aromatic heterocycles. The van der Waals surface area contributed by atoms with Gasteiger partial charge >= 0.3 is 0 Å². The molecule has 0 atom stereocenters. The van der Waals surface area contributed by atoms with Crippen LogP contribution in [-0.4, -0.2) is 71.1 Å². The number of aryl methyl sites for hydroxylation is 3. The third kappa shape index (κ3) is 6.60. The van der Waals surface area contributed by atoms with Crippen molar-refractivity contribution in [2.75, 3.05) is 45.2 Å². The summed E-state index contributed by atoms with van der Waals surface area (Å²) in [5.41, 5.74) is 5.19. The molecule has 0 aliphatic carbocycles. The van der Waals surface area contributed by atoms with Crippen molar-refractivity contribution in [3.63, 3.8) is 0 Å². The minimum absolute atomic E-state index is 0.160. The van der Waals surface area contributed by atoms with Crippen LogP contribution in [-0.2, 0) is 4.79 Å². The lowest BCUT2D eigenvalue weighted by atomic mass is 9.92. The molecule has 4 rings (SSSR count). The van der Waals surface area contributed by atoms with Gasteiger partial charge in [0.25, 0.3) is 0 Å². The molecular weight excluding hydrogens is 450 g/mol. The van der Waals surface area contributed by atoms with E-state index < -0.39 is 0 Å². The van der Waals surface area contributed by atoms with Crippen LogP contribution < -0.4 is 10.2 Å². The van der Waals surface area contributed by atoms with Crippen LogP contribution in [0.4, 0.5) is 5.82 Å². The number of aromatic nitrogens is 4. The van der Waals surface area contributed by atoms with E-state index in [2.05, 4.69) is 63.4 Å². The fourth-order valence-corrected chi connectivity index (χ4v) is 4.74. The number of benzene rings is 1. The number of anilines is 1. The lowest BCUT2D eigenvalue weighted by Crippen LogP contribution is -2.35. The number of hydrogen-bond acceptors (Lipinski definition) is 6. The maximum absolute atomic E-state index is 12.1. The summed E-state index contributed by atoms with van der Waals surface area (Å²) in [4.78, 5) is 16.5. The van der Waals surface area contributed by atoms with Gasteiger partial charge in [-0.3, -0.25) is 4.79 Å². The Hall–Kier alpha value is -3.00. The Morgan fingerprint density at radius 2 is 1.72 bits per heavy atom. The van der Waals surface area contributed by atoms with Crippen LogP contribution in [0.25, 0.3) is 16.6 Å². The first-order valence-electron chi connectivity index (χ1n) is 13.3. The zero-order valence-electron chi connectivity index (χ0n) is 23.1. The Labute approximate surface area is 216 Å². The molecule has 0 saturated carbocycles. The molecule has 8 heteroatoms. The van der Waals surface area contributed by atoms with E-state index in [-0.39, 0.29) is 5.91 Å². The Morgan fingerprint density at radius 3 is 2.36 bits per heavy atom. The van der Waals surface area contributed by atoms with Crippen LogP contribution in [0.5, 0.6) is 0 Å². The number of carbonyl (C=O) groups is 1. The summed E-state index contributed by atoms with van der Waals surface area (Å²) in [6, 6.07) is 8.43. The van der Waals surface area contributed by atoms with Crippen LogP contribution >= 0.6 is 0 Å². The second kappa shape index (κ2) is 12.8. The highest BCUT2D eigenvalue weighted by Crippen LogP contribution is 2.32. The maximum Gasteiger partial charge on any atom is 0.220 e. The summed E-state index contributed by atoms with van der Waals surface area (Å²) < 4.78 is 2.01. The van der Waals surface area contributed by atoms with Gasteiger partial charge in [-0.25, -0.2) is 4.68 Å². The Bertz CT molecular complexity index is 1130. The highest BCUT2D eigenvalue weighted by atomic mass is 16.1. The minimum atomic E-state index is 0.160. The van der Waals surface area contributed by atoms with Crippen LogP contribution in [0.1, 0.15) is 56.5 Å². The molecule has 1 N–H and O–H groups in total. The fraction of sp³-hybridized carbons (Fsp3) is 0.571. The molecule has 1 amide bonds. The number of rotatable bonds is 8. The largest absolute Gasteiger partial charge is 0.355 e. The molecule has 36 heavy (non-hydrogen) atoms. The van der Waals surface area contributed by atoms with Gasteiger partial charge in [0.1, 0.15) is 5.52 Å². The minimum Gasteiger partial charge on any atom is -0.355 e. The number of amides is 1. The summed E-state index contributed by atoms with van der Waals surface area (Å²) >= 11 is 0. The second-order valence-electron chi connectivity index (χ2n) is 9.79. The Kier molecular flexibility index (Phi) is 9.81. The van der Waals surface area contributed by atoms with E-state index in [1.807, 2.05) is 39.5 Å². The normalized spacial score (nSPS) is 14.2. The molecule has 8 nitrogen and oxygen atoms in total. The monoisotopic (exact) mass is 493 g/mol. The number of nitrogens with zero attached hydrogens (tertiary/aromatic N) is 6. The van der Waals surface area contributed by atoms with Crippen molar-refractivity contribution >= 4 is 22.6 Å². The average Bonchev–Trinajstić information content (AvgIpc) is 3.23. The van der Waals surface area contributed by atoms with Gasteiger partial charge in [0.05, 0.1) is 22.5 Å². The maximum atomic E-state index is 12.1. The number of carbonyl (C=O) groups excluding carboxylic acids is 1. The van der Waals surface area contributed by atoms with E-state index >= 15 is 0 Å². The smallest absolute Gasteiger partial charge is 0.220 e. The van der Waals surface area contributed by atoms with E-state index in [1.165, 1.54) is 5.56 Å². The van der Waals surface area contributed by atoms with Crippen molar-refractivity contribution in [1.82, 2.24) is 30.2 Å². The summed E-state index contributed by atoms with van der Waals surface area (Å²) in [7, 11) is 4.03. The Balaban J connectivity index is 0.00000176. The first kappa shape index (κ1) is 27.6. The van der Waals surface area contributed by atoms with Crippen molar-refractivity contribution in [2.24, 2.45) is 5.92 Å². The molecule has 1 fully saturated rings. The molecule has 3 heterocycles. The first-order valence-corrected chi connectivity index (χ1v) is 13.3. The van der Waals surface area contributed by atoms with Crippen molar-refractivity contribution < 1.29 is 4.79 Å². The highest BCUT2D eigenvalue weighted by molar-refractivity contribution is 5.92. The van der Waals surface area contributed by atoms with Crippen LogP contribution in [0.2, 0.25) is 0 Å². The molecule has 1 saturated heterocycles. The van der Waals surface area contributed by atoms with E-state index in [9.17, 15) is 4.79 Å². The number of fused-ring (bicyclic) bond motifs is 1. The summed E-state index contributed by atoms with van der Waals surface area (Å²) in [5, 5.41) is 18.1. The molecule has 1 aliphatic rings. The molecule has 196 valence electrons. The van der Waals surface area contributed by atoms with Gasteiger partial charge < -0.3 is 15.1 Å². The Morgan fingerprint density at radius 1 is 1.06 bits per heavy atom. The van der Waals surface area contributed by atoms with Crippen molar-refractivity contribution in [2.45, 2.75) is 60.3 Å². The summed E-state index contributed by atoms with van der Waals surface area (Å²) in [6.45, 7) is 13.6. The first-order chi connectivity index (χ1) is 17.3. The third-order valence-corrected chi connectivity index (χ3v) is 6.84. The molecule has 1 aromatic carbocycles.